The zero-order chi connectivity index (χ0) is 12.4. The Labute approximate surface area is 111 Å². The van der Waals surface area contributed by atoms with E-state index in [1.54, 1.807) is 36.4 Å². The van der Waals surface area contributed by atoms with E-state index < -0.39 is 0 Å². The average molecular weight is 284 g/mol. The predicted molar refractivity (Wildman–Crippen MR) is 73.6 cm³/mol. The molecule has 5 heteroatoms. The van der Waals surface area contributed by atoms with Gasteiger partial charge in [0.2, 0.25) is 0 Å². The normalized spacial score (nSPS) is 10.7. The molecule has 0 spiro atoms. The lowest BCUT2D eigenvalue weighted by atomic mass is 10.0. The number of halogens is 2. The largest absolute Gasteiger partial charge is 0.398 e. The Bertz CT molecular complexity index is 587. The lowest BCUT2D eigenvalue weighted by Gasteiger charge is -2.10. The molecule has 0 unspecified atom stereocenters. The van der Waals surface area contributed by atoms with E-state index >= 15 is 0 Å². The standard InChI is InChI=1S/C12H8Cl2NOP/c13-8-4-1-3-7(12(8)14)11-9(15)5-2-6-10(11)17-16/h1-6H,15H2. The first-order valence-corrected chi connectivity index (χ1v) is 6.38. The summed E-state index contributed by atoms with van der Waals surface area (Å²) in [6.07, 6.45) is 0. The lowest BCUT2D eigenvalue weighted by Crippen LogP contribution is -2.02. The van der Waals surface area contributed by atoms with Crippen LogP contribution in [0.2, 0.25) is 10.0 Å². The topological polar surface area (TPSA) is 43.1 Å². The fourth-order valence-corrected chi connectivity index (χ4v) is 2.51. The molecule has 2 aromatic rings. The van der Waals surface area contributed by atoms with Gasteiger partial charge in [0.15, 0.2) is 8.46 Å². The van der Waals surface area contributed by atoms with Crippen LogP contribution < -0.4 is 11.0 Å². The molecule has 17 heavy (non-hydrogen) atoms. The molecule has 0 aliphatic carbocycles. The maximum Gasteiger partial charge on any atom is 0.193 e. The maximum absolute atomic E-state index is 11.1. The molecule has 0 aliphatic heterocycles. The number of anilines is 1. The van der Waals surface area contributed by atoms with Crippen molar-refractivity contribution in [3.63, 3.8) is 0 Å². The molecule has 2 rings (SSSR count). The van der Waals surface area contributed by atoms with Gasteiger partial charge in [-0.05, 0) is 18.2 Å². The third-order valence-corrected chi connectivity index (χ3v) is 3.78. The molecule has 2 aromatic carbocycles. The fraction of sp³-hybridized carbons (Fsp3) is 0. The highest BCUT2D eigenvalue weighted by Crippen LogP contribution is 2.36. The van der Waals surface area contributed by atoms with Crippen molar-refractivity contribution in [1.29, 1.82) is 0 Å². The molecule has 86 valence electrons. The molecule has 0 saturated heterocycles. The third kappa shape index (κ3) is 2.30. The van der Waals surface area contributed by atoms with Gasteiger partial charge in [0.25, 0.3) is 0 Å². The van der Waals surface area contributed by atoms with Crippen LogP contribution in [0.15, 0.2) is 36.4 Å². The molecule has 0 atom stereocenters. The van der Waals surface area contributed by atoms with Crippen molar-refractivity contribution in [2.24, 2.45) is 0 Å². The van der Waals surface area contributed by atoms with Crippen molar-refractivity contribution in [3.05, 3.63) is 46.4 Å². The molecular formula is C12H8Cl2NOP. The van der Waals surface area contributed by atoms with Crippen LogP contribution in [-0.4, -0.2) is 0 Å². The minimum absolute atomic E-state index is 0.100. The van der Waals surface area contributed by atoms with Crippen molar-refractivity contribution in [2.75, 3.05) is 5.73 Å². The second-order valence-corrected chi connectivity index (χ2v) is 4.88. The van der Waals surface area contributed by atoms with Crippen LogP contribution >= 0.6 is 31.7 Å². The van der Waals surface area contributed by atoms with Gasteiger partial charge in [0.1, 0.15) is 0 Å². The highest BCUT2D eigenvalue weighted by molar-refractivity contribution is 7.34. The van der Waals surface area contributed by atoms with Gasteiger partial charge < -0.3 is 5.73 Å². The van der Waals surface area contributed by atoms with Gasteiger partial charge in [0.05, 0.1) is 15.3 Å². The van der Waals surface area contributed by atoms with Crippen LogP contribution in [0.3, 0.4) is 0 Å². The van der Waals surface area contributed by atoms with E-state index in [-0.39, 0.29) is 8.46 Å². The summed E-state index contributed by atoms with van der Waals surface area (Å²) < 4.78 is 11.1. The van der Waals surface area contributed by atoms with E-state index in [9.17, 15) is 4.57 Å². The van der Waals surface area contributed by atoms with E-state index in [0.29, 0.717) is 32.2 Å². The van der Waals surface area contributed by atoms with Gasteiger partial charge in [-0.25, -0.2) is 0 Å². The SMILES string of the molecule is Nc1cccc(P=O)c1-c1cccc(Cl)c1Cl. The Balaban J connectivity index is 2.76. The minimum Gasteiger partial charge on any atom is -0.398 e. The molecule has 0 aliphatic rings. The zero-order valence-corrected chi connectivity index (χ0v) is 11.1. The number of benzene rings is 2. The summed E-state index contributed by atoms with van der Waals surface area (Å²) in [5.41, 5.74) is 7.78. The number of hydrogen-bond donors (Lipinski definition) is 1. The van der Waals surface area contributed by atoms with Crippen LogP contribution in [0.5, 0.6) is 0 Å². The van der Waals surface area contributed by atoms with Crippen molar-refractivity contribution in [1.82, 2.24) is 0 Å². The van der Waals surface area contributed by atoms with E-state index in [4.69, 9.17) is 28.9 Å². The minimum atomic E-state index is -0.100. The van der Waals surface area contributed by atoms with Crippen LogP contribution in [0.4, 0.5) is 5.69 Å². The van der Waals surface area contributed by atoms with Crippen molar-refractivity contribution < 1.29 is 4.57 Å². The van der Waals surface area contributed by atoms with Crippen molar-refractivity contribution in [3.8, 4) is 11.1 Å². The molecule has 0 fully saturated rings. The summed E-state index contributed by atoms with van der Waals surface area (Å²) in [6.45, 7) is 0. The first kappa shape index (κ1) is 12.4. The summed E-state index contributed by atoms with van der Waals surface area (Å²) in [6, 6.07) is 10.5. The average Bonchev–Trinajstić information content (AvgIpc) is 2.33. The summed E-state index contributed by atoms with van der Waals surface area (Å²) in [4.78, 5) is 0. The smallest absolute Gasteiger partial charge is 0.193 e. The Morgan fingerprint density at radius 3 is 2.47 bits per heavy atom. The number of hydrogen-bond acceptors (Lipinski definition) is 2. The summed E-state index contributed by atoms with van der Waals surface area (Å²) in [5, 5.41) is 1.45. The number of nitrogens with two attached hydrogens (primary N) is 1. The Morgan fingerprint density at radius 1 is 1.06 bits per heavy atom. The highest BCUT2D eigenvalue weighted by Gasteiger charge is 2.13. The van der Waals surface area contributed by atoms with Gasteiger partial charge >= 0.3 is 0 Å². The van der Waals surface area contributed by atoms with E-state index in [0.717, 1.165) is 0 Å². The van der Waals surface area contributed by atoms with Gasteiger partial charge in [-0.3, -0.25) is 4.57 Å². The van der Waals surface area contributed by atoms with E-state index in [1.165, 1.54) is 0 Å². The fourth-order valence-electron chi connectivity index (χ4n) is 1.62. The van der Waals surface area contributed by atoms with Crippen molar-refractivity contribution >= 4 is 42.7 Å². The summed E-state index contributed by atoms with van der Waals surface area (Å²) in [5.74, 6) is 0. The second-order valence-electron chi connectivity index (χ2n) is 3.43. The van der Waals surface area contributed by atoms with E-state index in [2.05, 4.69) is 0 Å². The van der Waals surface area contributed by atoms with Crippen LogP contribution in [-0.2, 0) is 4.57 Å². The molecule has 0 radical (unpaired) electrons. The molecule has 0 saturated carbocycles. The third-order valence-electron chi connectivity index (χ3n) is 2.39. The molecular weight excluding hydrogens is 276 g/mol. The monoisotopic (exact) mass is 283 g/mol. The Kier molecular flexibility index (Phi) is 3.68. The van der Waals surface area contributed by atoms with Gasteiger partial charge in [-0.1, -0.05) is 41.4 Å². The van der Waals surface area contributed by atoms with Gasteiger partial charge in [0, 0.05) is 16.8 Å². The molecule has 2 N–H and O–H groups in total. The van der Waals surface area contributed by atoms with Crippen LogP contribution in [0.25, 0.3) is 11.1 Å². The predicted octanol–water partition coefficient (Wildman–Crippen LogP) is 4.16. The van der Waals surface area contributed by atoms with Crippen LogP contribution in [0, 0.1) is 0 Å². The maximum atomic E-state index is 11.1. The lowest BCUT2D eigenvalue weighted by molar-refractivity contribution is 0.603. The Morgan fingerprint density at radius 2 is 1.76 bits per heavy atom. The molecule has 0 amide bonds. The summed E-state index contributed by atoms with van der Waals surface area (Å²) in [7, 11) is -0.100. The van der Waals surface area contributed by atoms with E-state index in [1.807, 2.05) is 0 Å². The van der Waals surface area contributed by atoms with Gasteiger partial charge in [-0.2, -0.15) is 0 Å². The first-order chi connectivity index (χ1) is 8.15. The highest BCUT2D eigenvalue weighted by atomic mass is 35.5. The summed E-state index contributed by atoms with van der Waals surface area (Å²) >= 11 is 12.1. The number of nitrogen functional groups attached to an aromatic ring is 1. The van der Waals surface area contributed by atoms with Crippen molar-refractivity contribution in [2.45, 2.75) is 0 Å². The zero-order valence-electron chi connectivity index (χ0n) is 8.65. The Hall–Kier alpha value is -1.08. The molecule has 0 heterocycles. The molecule has 2 nitrogen and oxygen atoms in total. The second kappa shape index (κ2) is 5.05. The molecule has 0 bridgehead atoms. The quantitative estimate of drug-likeness (QED) is 0.664. The molecule has 0 aromatic heterocycles. The first-order valence-electron chi connectivity index (χ1n) is 4.81. The number of rotatable bonds is 2. The van der Waals surface area contributed by atoms with Gasteiger partial charge in [-0.15, -0.1) is 0 Å². The van der Waals surface area contributed by atoms with Crippen LogP contribution in [0.1, 0.15) is 0 Å².